The molecule has 9 N–H and O–H groups in total. The van der Waals surface area contributed by atoms with Crippen LogP contribution in [0.1, 0.15) is 0 Å². The van der Waals surface area contributed by atoms with Gasteiger partial charge in [-0.15, -0.1) is 0 Å². The van der Waals surface area contributed by atoms with E-state index < -0.39 is 30.0 Å². The molecule has 0 saturated carbocycles. The molecular formula is C5H9N9O3. The zero-order valence-corrected chi connectivity index (χ0v) is 8.31. The van der Waals surface area contributed by atoms with Gasteiger partial charge in [0, 0.05) is 0 Å². The second-order valence-electron chi connectivity index (χ2n) is 2.65. The Kier molecular flexibility index (Phi) is 3.21. The molecule has 1 rings (SSSR count). The monoisotopic (exact) mass is 243 g/mol. The van der Waals surface area contributed by atoms with Crippen molar-refractivity contribution in [1.82, 2.24) is 15.0 Å². The van der Waals surface area contributed by atoms with Crippen molar-refractivity contribution in [2.45, 2.75) is 0 Å². The van der Waals surface area contributed by atoms with Crippen LogP contribution in [0.15, 0.2) is 0 Å². The zero-order chi connectivity index (χ0) is 13.2. The predicted octanol–water partition coefficient (Wildman–Crippen LogP) is -2.91. The molecular weight excluding hydrogens is 234 g/mol. The summed E-state index contributed by atoms with van der Waals surface area (Å²) in [6.45, 7) is 0. The lowest BCUT2D eigenvalue weighted by Gasteiger charge is -2.15. The highest BCUT2D eigenvalue weighted by Crippen LogP contribution is 2.13. The molecule has 1 aromatic heterocycles. The summed E-state index contributed by atoms with van der Waals surface area (Å²) in [4.78, 5) is 31.5. The zero-order valence-electron chi connectivity index (χ0n) is 8.31. The number of carbonyl (C=O) groups excluding carboxylic acids is 2. The Morgan fingerprint density at radius 3 is 1.59 bits per heavy atom. The Balaban J connectivity index is 3.19. The molecule has 0 radical (unpaired) electrons. The highest BCUT2D eigenvalue weighted by atomic mass is 16.3. The van der Waals surface area contributed by atoms with Crippen molar-refractivity contribution in [1.29, 1.82) is 0 Å². The van der Waals surface area contributed by atoms with Gasteiger partial charge >= 0.3 is 18.1 Å². The van der Waals surface area contributed by atoms with Crippen molar-refractivity contribution in [3.05, 3.63) is 0 Å². The average molecular weight is 243 g/mol. The molecule has 0 unspecified atom stereocenters. The molecule has 0 atom stereocenters. The number of hydrogen-bond donors (Lipinski definition) is 5. The smallest absolute Gasteiger partial charge is 0.336 e. The molecule has 0 aliphatic carbocycles. The van der Waals surface area contributed by atoms with E-state index in [9.17, 15) is 9.59 Å². The summed E-state index contributed by atoms with van der Waals surface area (Å²) < 4.78 is 0. The minimum Gasteiger partial charge on any atom is -0.479 e. The number of nitrogens with zero attached hydrogens (tertiary/aromatic N) is 5. The van der Waals surface area contributed by atoms with Gasteiger partial charge in [-0.3, -0.25) is 0 Å². The van der Waals surface area contributed by atoms with Gasteiger partial charge in [0.25, 0.3) is 11.9 Å². The summed E-state index contributed by atoms with van der Waals surface area (Å²) in [6, 6.07) is -3.01. The second-order valence-corrected chi connectivity index (χ2v) is 2.65. The first-order valence-electron chi connectivity index (χ1n) is 3.96. The first kappa shape index (κ1) is 12.3. The van der Waals surface area contributed by atoms with E-state index in [0.29, 0.717) is 10.0 Å². The van der Waals surface area contributed by atoms with E-state index in [0.717, 1.165) is 0 Å². The summed E-state index contributed by atoms with van der Waals surface area (Å²) in [7, 11) is 0. The number of rotatable bonds is 2. The molecule has 0 aliphatic heterocycles. The molecule has 17 heavy (non-hydrogen) atoms. The maximum atomic E-state index is 10.7. The Hall–Kier alpha value is -2.73. The third-order valence-electron chi connectivity index (χ3n) is 1.51. The predicted molar refractivity (Wildman–Crippen MR) is 54.0 cm³/mol. The van der Waals surface area contributed by atoms with Gasteiger partial charge in [0.1, 0.15) is 0 Å². The first-order chi connectivity index (χ1) is 7.82. The van der Waals surface area contributed by atoms with Crippen molar-refractivity contribution < 1.29 is 14.7 Å². The molecule has 0 spiro atoms. The summed E-state index contributed by atoms with van der Waals surface area (Å²) in [5.41, 5.74) is 9.70. The van der Waals surface area contributed by atoms with Crippen LogP contribution in [0, 0.1) is 0 Å². The van der Waals surface area contributed by atoms with E-state index >= 15 is 0 Å². The molecule has 92 valence electrons. The standard InChI is InChI=1S/C5H9N9O3/c6-1(15)13(8)3-10-4(12-5(17)11-3)14(9)2(7)16/h8-9H2,(H2,6,15)(H2,7,16)(H,10,11,12,17). The molecule has 12 heteroatoms. The number of carbonyl (C=O) groups is 2. The van der Waals surface area contributed by atoms with Crippen LogP contribution in [0.3, 0.4) is 0 Å². The van der Waals surface area contributed by atoms with E-state index in [1.807, 2.05) is 0 Å². The molecule has 1 heterocycles. The van der Waals surface area contributed by atoms with Crippen molar-refractivity contribution in [2.24, 2.45) is 23.2 Å². The molecule has 0 aliphatic rings. The van der Waals surface area contributed by atoms with Crippen LogP contribution in [0.4, 0.5) is 21.5 Å². The highest BCUT2D eigenvalue weighted by Gasteiger charge is 2.18. The van der Waals surface area contributed by atoms with Gasteiger partial charge in [-0.1, -0.05) is 0 Å². The second kappa shape index (κ2) is 4.42. The van der Waals surface area contributed by atoms with Gasteiger partial charge in [-0.25, -0.2) is 21.3 Å². The number of hydrogen-bond acceptors (Lipinski definition) is 8. The fourth-order valence-corrected chi connectivity index (χ4v) is 0.756. The summed E-state index contributed by atoms with van der Waals surface area (Å²) in [5, 5.41) is 9.76. The van der Waals surface area contributed by atoms with Crippen LogP contribution >= 0.6 is 0 Å². The number of nitrogens with two attached hydrogens (primary N) is 4. The molecule has 0 bridgehead atoms. The Bertz CT molecular complexity index is 424. The molecule has 12 nitrogen and oxygen atoms in total. The van der Waals surface area contributed by atoms with Crippen LogP contribution in [-0.4, -0.2) is 32.1 Å². The van der Waals surface area contributed by atoms with Gasteiger partial charge in [0.15, 0.2) is 0 Å². The molecule has 0 aromatic carbocycles. The third kappa shape index (κ3) is 2.64. The number of amides is 4. The maximum absolute atomic E-state index is 10.7. The maximum Gasteiger partial charge on any atom is 0.336 e. The van der Waals surface area contributed by atoms with E-state index in [1.165, 1.54) is 0 Å². The molecule has 4 amide bonds. The van der Waals surface area contributed by atoms with Gasteiger partial charge in [0.05, 0.1) is 0 Å². The van der Waals surface area contributed by atoms with Crippen molar-refractivity contribution in [2.75, 3.05) is 10.0 Å². The lowest BCUT2D eigenvalue weighted by molar-refractivity contribution is 0.253. The molecule has 0 fully saturated rings. The number of urea groups is 2. The Morgan fingerprint density at radius 1 is 0.941 bits per heavy atom. The normalized spacial score (nSPS) is 9.76. The van der Waals surface area contributed by atoms with Crippen molar-refractivity contribution >= 4 is 24.0 Å². The SMILES string of the molecule is NC(=O)N(N)c1nc(O)nc(N(N)C(N)=O)n1. The third-order valence-corrected chi connectivity index (χ3v) is 1.51. The van der Waals surface area contributed by atoms with Crippen molar-refractivity contribution in [3.8, 4) is 6.01 Å². The summed E-state index contributed by atoms with van der Waals surface area (Å²) in [5.74, 6) is 9.34. The number of anilines is 2. The average Bonchev–Trinajstić information content (AvgIpc) is 2.25. The Morgan fingerprint density at radius 2 is 1.29 bits per heavy atom. The fraction of sp³-hybridized carbons (Fsp3) is 0. The Labute approximate surface area is 93.8 Å². The largest absolute Gasteiger partial charge is 0.479 e. The fourth-order valence-electron chi connectivity index (χ4n) is 0.756. The van der Waals surface area contributed by atoms with Crippen molar-refractivity contribution in [3.63, 3.8) is 0 Å². The van der Waals surface area contributed by atoms with Gasteiger partial charge < -0.3 is 16.6 Å². The van der Waals surface area contributed by atoms with E-state index in [-0.39, 0.29) is 0 Å². The van der Waals surface area contributed by atoms with Crippen LogP contribution < -0.4 is 33.2 Å². The topological polar surface area (TPSA) is 204 Å². The molecule has 0 saturated heterocycles. The summed E-state index contributed by atoms with van der Waals surface area (Å²) >= 11 is 0. The number of aromatic hydroxyl groups is 1. The van der Waals surface area contributed by atoms with E-state index in [1.54, 1.807) is 0 Å². The minimum atomic E-state index is -1.09. The summed E-state index contributed by atoms with van der Waals surface area (Å²) in [6.07, 6.45) is 0. The lowest BCUT2D eigenvalue weighted by atomic mass is 10.7. The number of hydrazine groups is 2. The first-order valence-corrected chi connectivity index (χ1v) is 3.96. The van der Waals surface area contributed by atoms with Gasteiger partial charge in [-0.05, 0) is 0 Å². The van der Waals surface area contributed by atoms with E-state index in [2.05, 4.69) is 15.0 Å². The lowest BCUT2D eigenvalue weighted by Crippen LogP contribution is -2.45. The minimum absolute atomic E-state index is 0.319. The van der Waals surface area contributed by atoms with E-state index in [4.69, 9.17) is 28.3 Å². The molecule has 1 aromatic rings. The number of aromatic nitrogens is 3. The van der Waals surface area contributed by atoms with Crippen LogP contribution in [-0.2, 0) is 0 Å². The van der Waals surface area contributed by atoms with Gasteiger partial charge in [-0.2, -0.15) is 25.0 Å². The van der Waals surface area contributed by atoms with Gasteiger partial charge in [0.2, 0.25) is 0 Å². The number of primary amides is 2. The van der Waals surface area contributed by atoms with Crippen LogP contribution in [0.2, 0.25) is 0 Å². The van der Waals surface area contributed by atoms with Crippen LogP contribution in [0.5, 0.6) is 6.01 Å². The highest BCUT2D eigenvalue weighted by molar-refractivity contribution is 5.89. The van der Waals surface area contributed by atoms with Crippen LogP contribution in [0.25, 0.3) is 0 Å². The quantitative estimate of drug-likeness (QED) is 0.206.